The molecule has 4 bridgehead atoms. The Morgan fingerprint density at radius 3 is 2.47 bits per heavy atom. The molecule has 1 heterocycles. The molecule has 1 aromatic heterocycles. The predicted molar refractivity (Wildman–Crippen MR) is 121 cm³/mol. The van der Waals surface area contributed by atoms with E-state index < -0.39 is 0 Å². The largest absolute Gasteiger partial charge is 0.436 e. The van der Waals surface area contributed by atoms with E-state index >= 15 is 0 Å². The van der Waals surface area contributed by atoms with Gasteiger partial charge >= 0.3 is 0 Å². The highest BCUT2D eigenvalue weighted by Gasteiger charge is 2.51. The van der Waals surface area contributed by atoms with Crippen LogP contribution in [0.1, 0.15) is 44.9 Å². The van der Waals surface area contributed by atoms with Crippen LogP contribution in [0.25, 0.3) is 22.6 Å². The Morgan fingerprint density at radius 1 is 1.07 bits per heavy atom. The van der Waals surface area contributed by atoms with Gasteiger partial charge in [-0.3, -0.25) is 4.79 Å². The van der Waals surface area contributed by atoms with E-state index in [9.17, 15) is 4.79 Å². The van der Waals surface area contributed by atoms with Gasteiger partial charge in [-0.05, 0) is 108 Å². The average molecular weight is 465 g/mol. The molecule has 5 heteroatoms. The molecule has 30 heavy (non-hydrogen) atoms. The molecule has 154 valence electrons. The summed E-state index contributed by atoms with van der Waals surface area (Å²) in [6.45, 7) is 0. The van der Waals surface area contributed by atoms with Crippen LogP contribution in [0.5, 0.6) is 0 Å². The summed E-state index contributed by atoms with van der Waals surface area (Å²) >= 11 is 3.56. The molecule has 4 saturated carbocycles. The molecule has 3 aromatic rings. The van der Waals surface area contributed by atoms with Crippen LogP contribution in [0.4, 0.5) is 5.69 Å². The number of rotatable bonds is 4. The number of amides is 1. The van der Waals surface area contributed by atoms with Gasteiger partial charge in [-0.25, -0.2) is 4.98 Å². The smallest absolute Gasteiger partial charge is 0.228 e. The van der Waals surface area contributed by atoms with Crippen molar-refractivity contribution in [3.05, 3.63) is 46.9 Å². The van der Waals surface area contributed by atoms with Crippen LogP contribution in [0.15, 0.2) is 51.4 Å². The number of carbonyl (C=O) groups excluding carboxylic acids is 1. The number of halogens is 1. The molecule has 0 radical (unpaired) electrons. The molecule has 1 amide bonds. The lowest BCUT2D eigenvalue weighted by molar-refractivity contribution is -0.124. The molecule has 4 fully saturated rings. The van der Waals surface area contributed by atoms with Crippen LogP contribution in [-0.2, 0) is 4.79 Å². The van der Waals surface area contributed by atoms with E-state index in [0.29, 0.717) is 12.3 Å². The minimum atomic E-state index is 0.144. The number of aromatic nitrogens is 1. The Bertz CT molecular complexity index is 1100. The van der Waals surface area contributed by atoms with Crippen LogP contribution in [-0.4, -0.2) is 10.9 Å². The minimum Gasteiger partial charge on any atom is -0.436 e. The van der Waals surface area contributed by atoms with E-state index in [1.165, 1.54) is 38.5 Å². The molecule has 4 nitrogen and oxygen atoms in total. The van der Waals surface area contributed by atoms with Crippen molar-refractivity contribution in [1.82, 2.24) is 4.98 Å². The molecule has 0 aliphatic heterocycles. The lowest BCUT2D eigenvalue weighted by Gasteiger charge is -2.56. The van der Waals surface area contributed by atoms with Crippen LogP contribution < -0.4 is 5.32 Å². The highest BCUT2D eigenvalue weighted by Crippen LogP contribution is 2.61. The number of benzene rings is 2. The van der Waals surface area contributed by atoms with Crippen molar-refractivity contribution in [2.75, 3.05) is 5.32 Å². The Hall–Kier alpha value is -2.14. The predicted octanol–water partition coefficient (Wildman–Crippen LogP) is 6.80. The first-order valence-corrected chi connectivity index (χ1v) is 11.8. The third-order valence-electron chi connectivity index (χ3n) is 7.48. The number of nitrogens with zero attached hydrogens (tertiary/aromatic N) is 1. The van der Waals surface area contributed by atoms with Crippen LogP contribution >= 0.6 is 15.9 Å². The summed E-state index contributed by atoms with van der Waals surface area (Å²) in [7, 11) is 0. The second kappa shape index (κ2) is 6.94. The number of anilines is 1. The van der Waals surface area contributed by atoms with Crippen LogP contribution in [0, 0.1) is 23.2 Å². The SMILES string of the molecule is O=C(CC12CC3CC(CC(C3)C1)C2)Nc1ccc2oc(-c3ccccc3Br)nc2c1. The Kier molecular flexibility index (Phi) is 4.31. The van der Waals surface area contributed by atoms with E-state index in [-0.39, 0.29) is 11.3 Å². The highest BCUT2D eigenvalue weighted by molar-refractivity contribution is 9.10. The monoisotopic (exact) mass is 464 g/mol. The van der Waals surface area contributed by atoms with Crippen molar-refractivity contribution >= 4 is 38.6 Å². The van der Waals surface area contributed by atoms with Crippen molar-refractivity contribution in [2.24, 2.45) is 23.2 Å². The molecule has 0 atom stereocenters. The average Bonchev–Trinajstić information content (AvgIpc) is 3.09. The first-order valence-electron chi connectivity index (χ1n) is 11.0. The molecule has 4 aliphatic carbocycles. The van der Waals surface area contributed by atoms with E-state index in [1.807, 2.05) is 42.5 Å². The number of fused-ring (bicyclic) bond motifs is 1. The number of carbonyl (C=O) groups is 1. The molecular formula is C25H25BrN2O2. The molecule has 0 spiro atoms. The normalized spacial score (nSPS) is 29.4. The second-order valence-corrected chi connectivity index (χ2v) is 10.7. The quantitative estimate of drug-likeness (QED) is 0.461. The number of hydrogen-bond acceptors (Lipinski definition) is 3. The maximum absolute atomic E-state index is 12.9. The van der Waals surface area contributed by atoms with Gasteiger partial charge in [0.15, 0.2) is 5.58 Å². The summed E-state index contributed by atoms with van der Waals surface area (Å²) in [4.78, 5) is 17.6. The molecule has 2 aromatic carbocycles. The van der Waals surface area contributed by atoms with E-state index in [1.54, 1.807) is 0 Å². The molecule has 1 N–H and O–H groups in total. The van der Waals surface area contributed by atoms with Gasteiger partial charge in [-0.1, -0.05) is 12.1 Å². The summed E-state index contributed by atoms with van der Waals surface area (Å²) in [5.41, 5.74) is 3.45. The molecule has 4 aliphatic rings. The lowest BCUT2D eigenvalue weighted by atomic mass is 9.49. The fourth-order valence-electron chi connectivity index (χ4n) is 6.81. The zero-order chi connectivity index (χ0) is 20.3. The maximum Gasteiger partial charge on any atom is 0.228 e. The molecule has 0 unspecified atom stereocenters. The number of hydrogen-bond donors (Lipinski definition) is 1. The van der Waals surface area contributed by atoms with Crippen LogP contribution in [0.3, 0.4) is 0 Å². The van der Waals surface area contributed by atoms with E-state index in [4.69, 9.17) is 4.42 Å². The van der Waals surface area contributed by atoms with Crippen molar-refractivity contribution < 1.29 is 9.21 Å². The van der Waals surface area contributed by atoms with Gasteiger partial charge in [0, 0.05) is 16.6 Å². The number of oxazole rings is 1. The summed E-state index contributed by atoms with van der Waals surface area (Å²) in [6.07, 6.45) is 8.64. The standard InChI is InChI=1S/C25H25BrN2O2/c26-20-4-2-1-3-19(20)24-28-21-10-18(5-6-22(21)30-24)27-23(29)14-25-11-15-7-16(12-25)9-17(8-15)13-25/h1-6,10,15-17H,7-9,11-14H2,(H,27,29). The van der Waals surface area contributed by atoms with E-state index in [0.717, 1.165) is 44.6 Å². The van der Waals surface area contributed by atoms with Crippen molar-refractivity contribution in [1.29, 1.82) is 0 Å². The van der Waals surface area contributed by atoms with Crippen molar-refractivity contribution in [2.45, 2.75) is 44.9 Å². The molecular weight excluding hydrogens is 440 g/mol. The van der Waals surface area contributed by atoms with Gasteiger partial charge < -0.3 is 9.73 Å². The summed E-state index contributed by atoms with van der Waals surface area (Å²) in [5.74, 6) is 3.32. The van der Waals surface area contributed by atoms with Crippen LogP contribution in [0.2, 0.25) is 0 Å². The van der Waals surface area contributed by atoms with Gasteiger partial charge in [-0.15, -0.1) is 0 Å². The van der Waals surface area contributed by atoms with Gasteiger partial charge in [0.25, 0.3) is 0 Å². The van der Waals surface area contributed by atoms with Gasteiger partial charge in [0.05, 0.1) is 5.56 Å². The van der Waals surface area contributed by atoms with Crippen molar-refractivity contribution in [3.63, 3.8) is 0 Å². The highest BCUT2D eigenvalue weighted by atomic mass is 79.9. The maximum atomic E-state index is 12.9. The van der Waals surface area contributed by atoms with Crippen molar-refractivity contribution in [3.8, 4) is 11.5 Å². The second-order valence-electron chi connectivity index (χ2n) is 9.82. The van der Waals surface area contributed by atoms with Gasteiger partial charge in [-0.2, -0.15) is 0 Å². The fraction of sp³-hybridized carbons (Fsp3) is 0.440. The third kappa shape index (κ3) is 3.27. The summed E-state index contributed by atoms with van der Waals surface area (Å²) in [6, 6.07) is 13.6. The van der Waals surface area contributed by atoms with Gasteiger partial charge in [0.2, 0.25) is 11.8 Å². The van der Waals surface area contributed by atoms with Gasteiger partial charge in [0.1, 0.15) is 5.52 Å². The minimum absolute atomic E-state index is 0.144. The third-order valence-corrected chi connectivity index (χ3v) is 8.17. The first-order chi connectivity index (χ1) is 14.6. The summed E-state index contributed by atoms with van der Waals surface area (Å²) < 4.78 is 6.88. The zero-order valence-corrected chi connectivity index (χ0v) is 18.5. The summed E-state index contributed by atoms with van der Waals surface area (Å²) in [5, 5.41) is 3.14. The number of nitrogens with one attached hydrogen (secondary N) is 1. The Balaban J connectivity index is 1.20. The first kappa shape index (κ1) is 18.6. The molecule has 7 rings (SSSR count). The van der Waals surface area contributed by atoms with E-state index in [2.05, 4.69) is 26.2 Å². The fourth-order valence-corrected chi connectivity index (χ4v) is 7.26. The lowest BCUT2D eigenvalue weighted by Crippen LogP contribution is -2.47. The Morgan fingerprint density at radius 2 is 1.77 bits per heavy atom. The Labute approximate surface area is 184 Å². The molecule has 0 saturated heterocycles. The topological polar surface area (TPSA) is 55.1 Å². The zero-order valence-electron chi connectivity index (χ0n) is 16.9.